The summed E-state index contributed by atoms with van der Waals surface area (Å²) in [7, 11) is 0. The number of hydrogen-bond acceptors (Lipinski definition) is 6. The number of carbonyl (C=O) groups is 1. The summed E-state index contributed by atoms with van der Waals surface area (Å²) in [4.78, 5) is 22.3. The maximum Gasteiger partial charge on any atom is 0.240 e. The molecule has 0 bridgehead atoms. The molecule has 156 valence electrons. The van der Waals surface area contributed by atoms with Crippen molar-refractivity contribution in [3.63, 3.8) is 0 Å². The first-order valence-electron chi connectivity index (χ1n) is 11.1. The minimum Gasteiger partial charge on any atom is -0.381 e. The second-order valence-electron chi connectivity index (χ2n) is 8.68. The molecule has 0 aliphatic carbocycles. The van der Waals surface area contributed by atoms with Gasteiger partial charge in [0.05, 0.1) is 6.54 Å². The quantitative estimate of drug-likeness (QED) is 0.787. The summed E-state index contributed by atoms with van der Waals surface area (Å²) in [6.07, 6.45) is 8.91. The number of rotatable bonds is 4. The third kappa shape index (κ3) is 4.74. The highest BCUT2D eigenvalue weighted by Gasteiger charge is 2.36. The van der Waals surface area contributed by atoms with E-state index in [9.17, 15) is 4.79 Å². The van der Waals surface area contributed by atoms with E-state index in [1.165, 1.54) is 19.3 Å². The normalized spacial score (nSPS) is 26.3. The lowest BCUT2D eigenvalue weighted by Gasteiger charge is -2.42. The molecule has 3 aliphatic rings. The average Bonchev–Trinajstić information content (AvgIpc) is 2.99. The number of aromatic nitrogens is 2. The molecule has 3 aliphatic heterocycles. The van der Waals surface area contributed by atoms with Crippen LogP contribution in [-0.4, -0.2) is 64.7 Å². The number of piperidine rings is 1. The fraction of sp³-hybridized carbons (Fsp3) is 0.857. The summed E-state index contributed by atoms with van der Waals surface area (Å²) in [6.45, 7) is 7.11. The van der Waals surface area contributed by atoms with E-state index in [2.05, 4.69) is 19.9 Å². The molecule has 7 nitrogen and oxygen atoms in total. The first-order chi connectivity index (χ1) is 13.7. The fourth-order valence-corrected chi connectivity index (χ4v) is 5.17. The van der Waals surface area contributed by atoms with Gasteiger partial charge in [-0.25, -0.2) is 0 Å². The SMILES string of the molecule is Cc1noc(CN2CCC(C3CCCCCN3C(=O)C3CCOCC3)CC2)n1. The number of nitrogens with zero attached hydrogens (tertiary/aromatic N) is 4. The van der Waals surface area contributed by atoms with Crippen molar-refractivity contribution in [1.29, 1.82) is 0 Å². The maximum absolute atomic E-state index is 13.3. The van der Waals surface area contributed by atoms with Crippen molar-refractivity contribution in [2.24, 2.45) is 11.8 Å². The van der Waals surface area contributed by atoms with E-state index in [0.29, 0.717) is 29.6 Å². The Balaban J connectivity index is 1.36. The van der Waals surface area contributed by atoms with Gasteiger partial charge in [0.1, 0.15) is 0 Å². The van der Waals surface area contributed by atoms with Gasteiger partial charge >= 0.3 is 0 Å². The van der Waals surface area contributed by atoms with Gasteiger partial charge < -0.3 is 14.2 Å². The van der Waals surface area contributed by atoms with Gasteiger partial charge in [0, 0.05) is 31.7 Å². The highest BCUT2D eigenvalue weighted by molar-refractivity contribution is 5.79. The van der Waals surface area contributed by atoms with Crippen molar-refractivity contribution in [2.75, 3.05) is 32.8 Å². The summed E-state index contributed by atoms with van der Waals surface area (Å²) >= 11 is 0. The summed E-state index contributed by atoms with van der Waals surface area (Å²) in [5.74, 6) is 2.60. The third-order valence-corrected chi connectivity index (χ3v) is 6.76. The molecule has 0 saturated carbocycles. The van der Waals surface area contributed by atoms with Crippen LogP contribution in [0.3, 0.4) is 0 Å². The number of likely N-dealkylation sites (tertiary alicyclic amines) is 2. The van der Waals surface area contributed by atoms with E-state index in [1.54, 1.807) is 0 Å². The van der Waals surface area contributed by atoms with Crippen LogP contribution in [0, 0.1) is 18.8 Å². The predicted molar refractivity (Wildman–Crippen MR) is 105 cm³/mol. The van der Waals surface area contributed by atoms with Crippen molar-refractivity contribution < 1.29 is 14.1 Å². The lowest BCUT2D eigenvalue weighted by atomic mass is 9.85. The second kappa shape index (κ2) is 9.35. The Morgan fingerprint density at radius 1 is 1.04 bits per heavy atom. The Bertz CT molecular complexity index is 635. The highest BCUT2D eigenvalue weighted by atomic mass is 16.5. The predicted octanol–water partition coefficient (Wildman–Crippen LogP) is 2.79. The lowest BCUT2D eigenvalue weighted by Crippen LogP contribution is -2.50. The molecular formula is C21H34N4O3. The van der Waals surface area contributed by atoms with Crippen molar-refractivity contribution in [3.05, 3.63) is 11.7 Å². The summed E-state index contributed by atoms with van der Waals surface area (Å²) in [5, 5.41) is 3.89. The summed E-state index contributed by atoms with van der Waals surface area (Å²) in [6, 6.07) is 0.422. The molecule has 4 rings (SSSR count). The molecule has 0 spiro atoms. The molecule has 1 aromatic rings. The van der Waals surface area contributed by atoms with Crippen molar-refractivity contribution in [3.8, 4) is 0 Å². The summed E-state index contributed by atoms with van der Waals surface area (Å²) in [5.41, 5.74) is 0. The number of aryl methyl sites for hydroxylation is 1. The third-order valence-electron chi connectivity index (χ3n) is 6.76. The van der Waals surface area contributed by atoms with Gasteiger partial charge in [-0.1, -0.05) is 18.0 Å². The van der Waals surface area contributed by atoms with Crippen LogP contribution >= 0.6 is 0 Å². The Morgan fingerprint density at radius 2 is 1.82 bits per heavy atom. The van der Waals surface area contributed by atoms with Crippen LogP contribution in [0.25, 0.3) is 0 Å². The zero-order valence-corrected chi connectivity index (χ0v) is 17.1. The number of amides is 1. The molecule has 4 heterocycles. The summed E-state index contributed by atoms with van der Waals surface area (Å²) < 4.78 is 10.8. The van der Waals surface area contributed by atoms with E-state index < -0.39 is 0 Å². The molecule has 1 atom stereocenters. The van der Waals surface area contributed by atoms with Crippen molar-refractivity contribution in [1.82, 2.24) is 19.9 Å². The Hall–Kier alpha value is -1.47. The largest absolute Gasteiger partial charge is 0.381 e. The Labute approximate surface area is 167 Å². The average molecular weight is 391 g/mol. The van der Waals surface area contributed by atoms with E-state index in [0.717, 1.165) is 71.5 Å². The Kier molecular flexibility index (Phi) is 6.62. The lowest BCUT2D eigenvalue weighted by molar-refractivity contribution is -0.142. The van der Waals surface area contributed by atoms with Gasteiger partial charge in [-0.15, -0.1) is 0 Å². The number of hydrogen-bond donors (Lipinski definition) is 0. The molecule has 1 aromatic heterocycles. The van der Waals surface area contributed by atoms with E-state index >= 15 is 0 Å². The van der Waals surface area contributed by atoms with Gasteiger partial charge in [-0.3, -0.25) is 9.69 Å². The molecular weight excluding hydrogens is 356 g/mol. The van der Waals surface area contributed by atoms with Crippen LogP contribution in [-0.2, 0) is 16.1 Å². The smallest absolute Gasteiger partial charge is 0.240 e. The zero-order valence-electron chi connectivity index (χ0n) is 17.1. The van der Waals surface area contributed by atoms with Crippen LogP contribution in [0.4, 0.5) is 0 Å². The topological polar surface area (TPSA) is 71.7 Å². The van der Waals surface area contributed by atoms with Crippen molar-refractivity contribution >= 4 is 5.91 Å². The standard InChI is InChI=1S/C21H34N4O3/c1-16-22-20(28-23-16)15-24-11-6-17(7-12-24)19-5-3-2-4-10-25(19)21(26)18-8-13-27-14-9-18/h17-19H,2-15H2,1H3. The van der Waals surface area contributed by atoms with Crippen LogP contribution in [0.2, 0.25) is 0 Å². The van der Waals surface area contributed by atoms with E-state index in [4.69, 9.17) is 9.26 Å². The van der Waals surface area contributed by atoms with Gasteiger partial charge in [-0.05, 0) is 64.5 Å². The molecule has 0 N–H and O–H groups in total. The number of ether oxygens (including phenoxy) is 1. The molecule has 0 aromatic carbocycles. The maximum atomic E-state index is 13.3. The van der Waals surface area contributed by atoms with Gasteiger partial charge in [0.25, 0.3) is 0 Å². The molecule has 28 heavy (non-hydrogen) atoms. The van der Waals surface area contributed by atoms with Crippen LogP contribution < -0.4 is 0 Å². The van der Waals surface area contributed by atoms with Crippen LogP contribution in [0.1, 0.15) is 63.1 Å². The Morgan fingerprint density at radius 3 is 2.54 bits per heavy atom. The van der Waals surface area contributed by atoms with Crippen molar-refractivity contribution in [2.45, 2.75) is 70.9 Å². The fourth-order valence-electron chi connectivity index (χ4n) is 5.17. The number of carbonyl (C=O) groups excluding carboxylic acids is 1. The molecule has 1 unspecified atom stereocenters. The molecule has 7 heteroatoms. The molecule has 1 amide bonds. The zero-order chi connectivity index (χ0) is 19.3. The van der Waals surface area contributed by atoms with Crippen LogP contribution in [0.5, 0.6) is 0 Å². The molecule has 0 radical (unpaired) electrons. The van der Waals surface area contributed by atoms with Gasteiger partial charge in [0.2, 0.25) is 11.8 Å². The van der Waals surface area contributed by atoms with E-state index in [-0.39, 0.29) is 5.92 Å². The molecule has 3 fully saturated rings. The van der Waals surface area contributed by atoms with Gasteiger partial charge in [-0.2, -0.15) is 4.98 Å². The second-order valence-corrected chi connectivity index (χ2v) is 8.68. The highest BCUT2D eigenvalue weighted by Crippen LogP contribution is 2.32. The first-order valence-corrected chi connectivity index (χ1v) is 11.1. The minimum atomic E-state index is 0.176. The van der Waals surface area contributed by atoms with Gasteiger partial charge in [0.15, 0.2) is 5.82 Å². The first kappa shape index (κ1) is 19.8. The minimum absolute atomic E-state index is 0.176. The van der Waals surface area contributed by atoms with Crippen LogP contribution in [0.15, 0.2) is 4.52 Å². The van der Waals surface area contributed by atoms with E-state index in [1.807, 2.05) is 6.92 Å². The monoisotopic (exact) mass is 390 g/mol. The molecule has 3 saturated heterocycles.